The van der Waals surface area contributed by atoms with E-state index in [4.69, 9.17) is 0 Å². The zero-order valence-corrected chi connectivity index (χ0v) is 17.7. The van der Waals surface area contributed by atoms with Gasteiger partial charge in [-0.1, -0.05) is 32.6 Å². The van der Waals surface area contributed by atoms with Crippen molar-refractivity contribution >= 4 is 23.9 Å². The Morgan fingerprint density at radius 2 is 2.22 bits per heavy atom. The van der Waals surface area contributed by atoms with E-state index in [1.54, 1.807) is 6.08 Å². The summed E-state index contributed by atoms with van der Waals surface area (Å²) in [7, 11) is 1.90. The maximum Gasteiger partial charge on any atom is 0.257 e. The van der Waals surface area contributed by atoms with Crippen LogP contribution >= 0.6 is 11.8 Å². The van der Waals surface area contributed by atoms with Gasteiger partial charge in [0.05, 0.1) is 11.4 Å². The fourth-order valence-corrected chi connectivity index (χ4v) is 3.05. The molecule has 4 N–H and O–H groups in total. The molecule has 0 aliphatic heterocycles. The van der Waals surface area contributed by atoms with E-state index in [0.717, 1.165) is 17.8 Å². The molecule has 0 saturated heterocycles. The Bertz CT molecular complexity index is 663. The van der Waals surface area contributed by atoms with Crippen LogP contribution in [0.2, 0.25) is 0 Å². The number of amides is 1. The molecule has 1 amide bonds. The number of hydrogen-bond acceptors (Lipinski definition) is 6. The Kier molecular flexibility index (Phi) is 9.38. The number of thioether (sulfide) groups is 1. The molecule has 1 rings (SSSR count). The summed E-state index contributed by atoms with van der Waals surface area (Å²) >= 11 is 1.41. The van der Waals surface area contributed by atoms with Crippen molar-refractivity contribution in [3.05, 3.63) is 46.7 Å². The number of nitrogens with one attached hydrogen (secondary N) is 3. The van der Waals surface area contributed by atoms with E-state index >= 15 is 0 Å². The van der Waals surface area contributed by atoms with Crippen LogP contribution in [0.25, 0.3) is 0 Å². The van der Waals surface area contributed by atoms with Crippen molar-refractivity contribution in [2.24, 2.45) is 10.4 Å². The van der Waals surface area contributed by atoms with Crippen LogP contribution in [0.3, 0.4) is 0 Å². The first-order chi connectivity index (χ1) is 12.7. The number of allylic oxidation sites excluding steroid dienone is 4. The Morgan fingerprint density at radius 1 is 1.52 bits per heavy atom. The van der Waals surface area contributed by atoms with Gasteiger partial charge in [0.15, 0.2) is 6.23 Å². The third kappa shape index (κ3) is 7.27. The summed E-state index contributed by atoms with van der Waals surface area (Å²) in [6, 6.07) is 0. The molecule has 1 aliphatic rings. The predicted molar refractivity (Wildman–Crippen MR) is 116 cm³/mol. The average molecular weight is 393 g/mol. The standard InChI is InChI=1S/C20H32N4O2S/c1-7-16(27-6)19(26)23-11-10-22-13-14(2)18(25)24-15-8-9-20(3,4)17(12-15)21-5/h7-8,12-13,18,21,24-25H,2,9-11H2,1,3-6H3,(H,23,26)/b16-7-,22-13?. The minimum atomic E-state index is -0.920. The van der Waals surface area contributed by atoms with E-state index in [9.17, 15) is 9.90 Å². The van der Waals surface area contributed by atoms with E-state index in [-0.39, 0.29) is 11.3 Å². The number of rotatable bonds is 10. The van der Waals surface area contributed by atoms with Crippen LogP contribution in [-0.2, 0) is 4.79 Å². The first-order valence-electron chi connectivity index (χ1n) is 8.97. The molecule has 0 fully saturated rings. The molecule has 1 atom stereocenters. The van der Waals surface area contributed by atoms with Crippen LogP contribution < -0.4 is 16.0 Å². The van der Waals surface area contributed by atoms with E-state index in [2.05, 4.69) is 47.4 Å². The van der Waals surface area contributed by atoms with Crippen LogP contribution in [0.15, 0.2) is 51.7 Å². The summed E-state index contributed by atoms with van der Waals surface area (Å²) in [5.74, 6) is -0.0972. The van der Waals surface area contributed by atoms with Crippen molar-refractivity contribution < 1.29 is 9.90 Å². The van der Waals surface area contributed by atoms with Gasteiger partial charge in [-0.25, -0.2) is 0 Å². The molecule has 0 aromatic carbocycles. The van der Waals surface area contributed by atoms with Crippen molar-refractivity contribution in [3.8, 4) is 0 Å². The number of hydrogen-bond donors (Lipinski definition) is 4. The Hall–Kier alpha value is -1.99. The molecule has 6 nitrogen and oxygen atoms in total. The summed E-state index contributed by atoms with van der Waals surface area (Å²) in [5.41, 5.74) is 2.48. The predicted octanol–water partition coefficient (Wildman–Crippen LogP) is 2.32. The van der Waals surface area contributed by atoms with Gasteiger partial charge in [0.1, 0.15) is 0 Å². The van der Waals surface area contributed by atoms with Gasteiger partial charge in [-0.2, -0.15) is 0 Å². The van der Waals surface area contributed by atoms with Gasteiger partial charge in [0.2, 0.25) is 0 Å². The van der Waals surface area contributed by atoms with Crippen molar-refractivity contribution in [2.45, 2.75) is 33.4 Å². The summed E-state index contributed by atoms with van der Waals surface area (Å²) < 4.78 is 0. The number of carbonyl (C=O) groups excluding carboxylic acids is 1. The monoisotopic (exact) mass is 392 g/mol. The van der Waals surface area contributed by atoms with Gasteiger partial charge in [0.25, 0.3) is 5.91 Å². The van der Waals surface area contributed by atoms with Crippen LogP contribution in [0, 0.1) is 5.41 Å². The number of aliphatic hydroxyl groups is 1. The van der Waals surface area contributed by atoms with Gasteiger partial charge in [0, 0.05) is 42.2 Å². The van der Waals surface area contributed by atoms with E-state index in [1.807, 2.05) is 26.3 Å². The van der Waals surface area contributed by atoms with E-state index in [1.165, 1.54) is 18.0 Å². The van der Waals surface area contributed by atoms with Crippen molar-refractivity contribution in [2.75, 3.05) is 26.4 Å². The Balaban J connectivity index is 2.45. The number of carbonyl (C=O) groups is 1. The molecule has 1 unspecified atom stereocenters. The van der Waals surface area contributed by atoms with Crippen molar-refractivity contribution in [1.29, 1.82) is 0 Å². The normalized spacial score (nSPS) is 17.8. The smallest absolute Gasteiger partial charge is 0.257 e. The minimum absolute atomic E-state index is 0.0525. The highest BCUT2D eigenvalue weighted by molar-refractivity contribution is 8.03. The van der Waals surface area contributed by atoms with Crippen molar-refractivity contribution in [1.82, 2.24) is 16.0 Å². The molecule has 27 heavy (non-hydrogen) atoms. The number of aliphatic imine (C=N–C) groups is 1. The zero-order valence-electron chi connectivity index (χ0n) is 16.9. The SMILES string of the molecule is C=C(C=NCCNC(=O)/C(=C/C)SC)C(O)NC1=CCC(C)(C)C(NC)=C1. The summed E-state index contributed by atoms with van der Waals surface area (Å²) in [6.45, 7) is 10.9. The fourth-order valence-electron chi connectivity index (χ4n) is 2.56. The van der Waals surface area contributed by atoms with Crippen LogP contribution in [0.4, 0.5) is 0 Å². The third-order valence-electron chi connectivity index (χ3n) is 4.27. The van der Waals surface area contributed by atoms with Gasteiger partial charge in [-0.15, -0.1) is 11.8 Å². The number of aliphatic hydroxyl groups excluding tert-OH is 1. The molecule has 7 heteroatoms. The molecule has 0 heterocycles. The quantitative estimate of drug-likeness (QED) is 0.198. The van der Waals surface area contributed by atoms with Gasteiger partial charge in [-0.3, -0.25) is 9.79 Å². The minimum Gasteiger partial charge on any atom is -0.391 e. The van der Waals surface area contributed by atoms with Crippen LogP contribution in [0.5, 0.6) is 0 Å². The highest BCUT2D eigenvalue weighted by atomic mass is 32.2. The Morgan fingerprint density at radius 3 is 2.81 bits per heavy atom. The molecule has 0 saturated carbocycles. The fraction of sp³-hybridized carbons (Fsp3) is 0.500. The first-order valence-corrected chi connectivity index (χ1v) is 10.2. The summed E-state index contributed by atoms with van der Waals surface area (Å²) in [5, 5.41) is 19.3. The van der Waals surface area contributed by atoms with Crippen LogP contribution in [0.1, 0.15) is 27.2 Å². The zero-order chi connectivity index (χ0) is 20.4. The lowest BCUT2D eigenvalue weighted by Gasteiger charge is -2.31. The largest absolute Gasteiger partial charge is 0.391 e. The second-order valence-corrected chi connectivity index (χ2v) is 7.67. The maximum atomic E-state index is 11.8. The molecule has 1 aliphatic carbocycles. The molecule has 0 spiro atoms. The average Bonchev–Trinajstić information content (AvgIpc) is 2.63. The third-order valence-corrected chi connectivity index (χ3v) is 5.14. The molecular weight excluding hydrogens is 360 g/mol. The molecule has 0 aromatic rings. The van der Waals surface area contributed by atoms with Gasteiger partial charge < -0.3 is 21.1 Å². The van der Waals surface area contributed by atoms with Crippen molar-refractivity contribution in [3.63, 3.8) is 0 Å². The summed E-state index contributed by atoms with van der Waals surface area (Å²) in [4.78, 5) is 16.7. The topological polar surface area (TPSA) is 85.8 Å². The molecular formula is C20H32N4O2S. The Labute approximate surface area is 167 Å². The highest BCUT2D eigenvalue weighted by Crippen LogP contribution is 2.33. The molecule has 0 bridgehead atoms. The number of nitrogens with zero attached hydrogens (tertiary/aromatic N) is 1. The molecule has 150 valence electrons. The highest BCUT2D eigenvalue weighted by Gasteiger charge is 2.25. The maximum absolute atomic E-state index is 11.8. The van der Waals surface area contributed by atoms with E-state index in [0.29, 0.717) is 23.6 Å². The van der Waals surface area contributed by atoms with Crippen LogP contribution in [-0.4, -0.2) is 49.8 Å². The molecule has 0 radical (unpaired) electrons. The summed E-state index contributed by atoms with van der Waals surface area (Å²) in [6.07, 6.45) is 9.19. The lowest BCUT2D eigenvalue weighted by Crippen LogP contribution is -2.33. The van der Waals surface area contributed by atoms with Gasteiger partial charge >= 0.3 is 0 Å². The van der Waals surface area contributed by atoms with Gasteiger partial charge in [-0.05, 0) is 25.7 Å². The first kappa shape index (κ1) is 23.0. The second-order valence-electron chi connectivity index (χ2n) is 6.83. The lowest BCUT2D eigenvalue weighted by molar-refractivity contribution is -0.116. The second kappa shape index (κ2) is 11.0. The molecule has 0 aromatic heterocycles. The lowest BCUT2D eigenvalue weighted by atomic mass is 9.81. The van der Waals surface area contributed by atoms with E-state index < -0.39 is 6.23 Å².